The molecule has 0 amide bonds. The Morgan fingerprint density at radius 1 is 0.909 bits per heavy atom. The average Bonchev–Trinajstić information content (AvgIpc) is 2.44. The summed E-state index contributed by atoms with van der Waals surface area (Å²) in [5, 5.41) is 0. The van der Waals surface area contributed by atoms with Crippen molar-refractivity contribution in [2.24, 2.45) is 5.92 Å². The normalized spacial score (nSPS) is 7.45. The first-order chi connectivity index (χ1) is 5.23. The molecule has 0 fully saturated rings. The molecule has 1 rings (SSSR count). The molecule has 11 heavy (non-hydrogen) atoms. The zero-order valence-electron chi connectivity index (χ0n) is 8.39. The quantitative estimate of drug-likeness (QED) is 0.588. The van der Waals surface area contributed by atoms with E-state index in [4.69, 9.17) is 0 Å². The molecule has 66 valence electrons. The predicted molar refractivity (Wildman–Crippen MR) is 52.7 cm³/mol. The number of hydrogen-bond acceptors (Lipinski definition) is 0. The minimum Gasteiger partial charge on any atom is -0.368 e. The Balaban J connectivity index is 0. The van der Waals surface area contributed by atoms with E-state index in [0.717, 1.165) is 5.92 Å². The van der Waals surface area contributed by atoms with Crippen molar-refractivity contribution >= 4 is 0 Å². The molecular weight excluding hydrogens is 134 g/mol. The Morgan fingerprint density at radius 2 is 1.18 bits per heavy atom. The summed E-state index contributed by atoms with van der Waals surface area (Å²) in [6.45, 7) is 10.5. The standard InChI is InChI=1S/C4H5N.C4H10.C2H6/c1-2-4-5-3-1;1-4(2)3;1-2/h1-5H;4H,1-3H3;1-2H3. The molecule has 0 aliphatic heterocycles. The van der Waals surface area contributed by atoms with E-state index in [2.05, 4.69) is 25.8 Å². The lowest BCUT2D eigenvalue weighted by molar-refractivity contribution is 0.737. The van der Waals surface area contributed by atoms with Gasteiger partial charge in [0.1, 0.15) is 0 Å². The Hall–Kier alpha value is -0.720. The van der Waals surface area contributed by atoms with Gasteiger partial charge in [0.25, 0.3) is 0 Å². The smallest absolute Gasteiger partial charge is 0.000496 e. The lowest BCUT2D eigenvalue weighted by Crippen LogP contribution is -1.66. The highest BCUT2D eigenvalue weighted by molar-refractivity contribution is 4.84. The summed E-state index contributed by atoms with van der Waals surface area (Å²) in [5.74, 6) is 0.833. The van der Waals surface area contributed by atoms with Crippen LogP contribution in [0.5, 0.6) is 0 Å². The van der Waals surface area contributed by atoms with Crippen molar-refractivity contribution in [3.63, 3.8) is 0 Å². The molecule has 0 aliphatic rings. The molecule has 0 spiro atoms. The lowest BCUT2D eigenvalue weighted by atomic mass is 10.3. The minimum absolute atomic E-state index is 0.833. The fourth-order valence-corrected chi connectivity index (χ4v) is 0.278. The van der Waals surface area contributed by atoms with E-state index in [0.29, 0.717) is 0 Å². The van der Waals surface area contributed by atoms with Crippen LogP contribution in [0.15, 0.2) is 24.5 Å². The highest BCUT2D eigenvalue weighted by atomic mass is 14.6. The molecule has 0 saturated carbocycles. The van der Waals surface area contributed by atoms with Crippen molar-refractivity contribution in [2.75, 3.05) is 0 Å². The third-order valence-electron chi connectivity index (χ3n) is 0.496. The molecule has 0 aliphatic carbocycles. The topological polar surface area (TPSA) is 15.8 Å². The molecule has 1 heterocycles. The first-order valence-corrected chi connectivity index (χ1v) is 4.31. The van der Waals surface area contributed by atoms with Crippen molar-refractivity contribution in [3.05, 3.63) is 24.5 Å². The molecule has 0 saturated heterocycles. The molecule has 0 atom stereocenters. The Morgan fingerprint density at radius 3 is 1.27 bits per heavy atom. The highest BCUT2D eigenvalue weighted by Crippen LogP contribution is 1.81. The van der Waals surface area contributed by atoms with Gasteiger partial charge in [-0.3, -0.25) is 0 Å². The molecule has 1 heteroatoms. The molecule has 0 radical (unpaired) electrons. The number of aromatic nitrogens is 1. The van der Waals surface area contributed by atoms with Crippen LogP contribution >= 0.6 is 0 Å². The predicted octanol–water partition coefficient (Wildman–Crippen LogP) is 3.70. The second kappa shape index (κ2) is 12.0. The van der Waals surface area contributed by atoms with Crippen LogP contribution in [0.4, 0.5) is 0 Å². The van der Waals surface area contributed by atoms with Gasteiger partial charge in [0.2, 0.25) is 0 Å². The minimum atomic E-state index is 0.833. The Bertz CT molecular complexity index is 88.5. The maximum Gasteiger partial charge on any atom is 0.000496 e. The summed E-state index contributed by atoms with van der Waals surface area (Å²) in [5.41, 5.74) is 0. The van der Waals surface area contributed by atoms with Gasteiger partial charge in [-0.2, -0.15) is 0 Å². The maximum absolute atomic E-state index is 2.86. The van der Waals surface area contributed by atoms with Gasteiger partial charge in [-0.05, 0) is 18.1 Å². The number of rotatable bonds is 0. The highest BCUT2D eigenvalue weighted by Gasteiger charge is 1.68. The van der Waals surface area contributed by atoms with Crippen molar-refractivity contribution in [3.8, 4) is 0 Å². The van der Waals surface area contributed by atoms with E-state index in [1.807, 2.05) is 38.4 Å². The van der Waals surface area contributed by atoms with E-state index in [1.54, 1.807) is 0 Å². The van der Waals surface area contributed by atoms with Gasteiger partial charge in [0, 0.05) is 12.4 Å². The Labute approximate surface area is 70.8 Å². The maximum atomic E-state index is 2.86. The van der Waals surface area contributed by atoms with Crippen molar-refractivity contribution in [1.29, 1.82) is 0 Å². The van der Waals surface area contributed by atoms with Crippen LogP contribution in [-0.4, -0.2) is 4.98 Å². The van der Waals surface area contributed by atoms with Gasteiger partial charge in [0.05, 0.1) is 0 Å². The average molecular weight is 155 g/mol. The van der Waals surface area contributed by atoms with Gasteiger partial charge in [0.15, 0.2) is 0 Å². The van der Waals surface area contributed by atoms with Gasteiger partial charge in [-0.15, -0.1) is 0 Å². The van der Waals surface area contributed by atoms with Crippen molar-refractivity contribution in [2.45, 2.75) is 34.6 Å². The zero-order chi connectivity index (χ0) is 9.11. The van der Waals surface area contributed by atoms with E-state index < -0.39 is 0 Å². The molecule has 1 N–H and O–H groups in total. The zero-order valence-corrected chi connectivity index (χ0v) is 8.39. The largest absolute Gasteiger partial charge is 0.368 e. The summed E-state index contributed by atoms with van der Waals surface area (Å²) in [7, 11) is 0. The van der Waals surface area contributed by atoms with Gasteiger partial charge in [-0.25, -0.2) is 0 Å². The van der Waals surface area contributed by atoms with E-state index in [1.165, 1.54) is 0 Å². The second-order valence-corrected chi connectivity index (χ2v) is 2.62. The monoisotopic (exact) mass is 155 g/mol. The molecule has 0 unspecified atom stereocenters. The van der Waals surface area contributed by atoms with Crippen LogP contribution in [0, 0.1) is 5.92 Å². The molecule has 0 bridgehead atoms. The van der Waals surface area contributed by atoms with E-state index in [9.17, 15) is 0 Å². The third kappa shape index (κ3) is 26.8. The van der Waals surface area contributed by atoms with Crippen molar-refractivity contribution < 1.29 is 0 Å². The number of H-pyrrole nitrogens is 1. The van der Waals surface area contributed by atoms with Crippen LogP contribution in [0.3, 0.4) is 0 Å². The van der Waals surface area contributed by atoms with Gasteiger partial charge in [-0.1, -0.05) is 34.6 Å². The Kier molecular flexibility index (Phi) is 14.1. The number of hydrogen-bond donors (Lipinski definition) is 1. The summed E-state index contributed by atoms with van der Waals surface area (Å²) >= 11 is 0. The first-order valence-electron chi connectivity index (χ1n) is 4.31. The van der Waals surface area contributed by atoms with Crippen LogP contribution < -0.4 is 0 Å². The number of aromatic amines is 1. The fourth-order valence-electron chi connectivity index (χ4n) is 0.278. The summed E-state index contributed by atoms with van der Waals surface area (Å²) in [6, 6.07) is 3.89. The molecule has 1 aromatic heterocycles. The SMILES string of the molecule is CC.CC(C)C.c1cc[nH]c1. The summed E-state index contributed by atoms with van der Waals surface area (Å²) in [4.78, 5) is 2.86. The van der Waals surface area contributed by atoms with Gasteiger partial charge >= 0.3 is 0 Å². The molecule has 1 aromatic rings. The molecular formula is C10H21N. The van der Waals surface area contributed by atoms with Crippen LogP contribution in [-0.2, 0) is 0 Å². The first kappa shape index (κ1) is 12.9. The van der Waals surface area contributed by atoms with E-state index >= 15 is 0 Å². The fraction of sp³-hybridized carbons (Fsp3) is 0.600. The van der Waals surface area contributed by atoms with E-state index in [-0.39, 0.29) is 0 Å². The lowest BCUT2D eigenvalue weighted by Gasteiger charge is -1.79. The molecule has 0 aromatic carbocycles. The van der Waals surface area contributed by atoms with Crippen LogP contribution in [0.25, 0.3) is 0 Å². The molecule has 1 nitrogen and oxygen atoms in total. The number of nitrogens with one attached hydrogen (secondary N) is 1. The van der Waals surface area contributed by atoms with Crippen LogP contribution in [0.1, 0.15) is 34.6 Å². The van der Waals surface area contributed by atoms with Gasteiger partial charge < -0.3 is 4.98 Å². The van der Waals surface area contributed by atoms with Crippen LogP contribution in [0.2, 0.25) is 0 Å². The van der Waals surface area contributed by atoms with Crippen molar-refractivity contribution in [1.82, 2.24) is 4.98 Å². The summed E-state index contributed by atoms with van der Waals surface area (Å²) < 4.78 is 0. The third-order valence-corrected chi connectivity index (χ3v) is 0.496. The summed E-state index contributed by atoms with van der Waals surface area (Å²) in [6.07, 6.45) is 3.75. The second-order valence-electron chi connectivity index (χ2n) is 2.62.